The molecule has 1 aromatic rings. The molecule has 1 heterocycles. The summed E-state index contributed by atoms with van der Waals surface area (Å²) in [5.41, 5.74) is 7.12. The second kappa shape index (κ2) is 7.26. The maximum absolute atomic E-state index is 7.48. The number of methoxy groups -OCH3 is 1. The molecule has 1 saturated heterocycles. The van der Waals surface area contributed by atoms with Crippen LogP contribution in [0.25, 0.3) is 0 Å². The molecule has 1 aliphatic rings. The molecule has 0 bridgehead atoms. The number of hydrogen-bond acceptors (Lipinski definition) is 4. The quantitative estimate of drug-likeness (QED) is 0.615. The standard InChI is InChI=1S/C15H22N2O3/c1-18-14-3-2-12(15(16)17)8-13(14)10-20-9-11-4-6-19-7-5-11/h2-3,8,11H,4-7,9-10H2,1H3,(H3,16,17). The highest BCUT2D eigenvalue weighted by Gasteiger charge is 2.14. The fourth-order valence-corrected chi connectivity index (χ4v) is 2.31. The average Bonchev–Trinajstić information content (AvgIpc) is 2.48. The van der Waals surface area contributed by atoms with Gasteiger partial charge < -0.3 is 19.9 Å². The first-order chi connectivity index (χ1) is 9.70. The topological polar surface area (TPSA) is 77.6 Å². The molecule has 3 N–H and O–H groups in total. The third-order valence-electron chi connectivity index (χ3n) is 3.54. The zero-order chi connectivity index (χ0) is 14.4. The van der Waals surface area contributed by atoms with E-state index in [0.29, 0.717) is 18.1 Å². The maximum Gasteiger partial charge on any atom is 0.124 e. The highest BCUT2D eigenvalue weighted by molar-refractivity contribution is 5.95. The monoisotopic (exact) mass is 278 g/mol. The van der Waals surface area contributed by atoms with Crippen molar-refractivity contribution >= 4 is 5.84 Å². The van der Waals surface area contributed by atoms with Crippen LogP contribution in [0.2, 0.25) is 0 Å². The summed E-state index contributed by atoms with van der Waals surface area (Å²) in [6.45, 7) is 2.87. The molecule has 0 unspecified atom stereocenters. The van der Waals surface area contributed by atoms with E-state index in [1.54, 1.807) is 13.2 Å². The van der Waals surface area contributed by atoms with Crippen LogP contribution in [0.1, 0.15) is 24.0 Å². The summed E-state index contributed by atoms with van der Waals surface area (Å²) in [6, 6.07) is 5.46. The number of ether oxygens (including phenoxy) is 3. The number of nitrogens with two attached hydrogens (primary N) is 1. The summed E-state index contributed by atoms with van der Waals surface area (Å²) in [6.07, 6.45) is 2.12. The van der Waals surface area contributed by atoms with Crippen molar-refractivity contribution in [2.75, 3.05) is 26.9 Å². The number of hydrogen-bond donors (Lipinski definition) is 2. The number of benzene rings is 1. The van der Waals surface area contributed by atoms with Gasteiger partial charge >= 0.3 is 0 Å². The average molecular weight is 278 g/mol. The Balaban J connectivity index is 1.93. The summed E-state index contributed by atoms with van der Waals surface area (Å²) < 4.78 is 16.4. The molecule has 0 radical (unpaired) electrons. The fraction of sp³-hybridized carbons (Fsp3) is 0.533. The summed E-state index contributed by atoms with van der Waals surface area (Å²) in [7, 11) is 1.63. The van der Waals surface area contributed by atoms with Gasteiger partial charge in [-0.3, -0.25) is 5.41 Å². The Kier molecular flexibility index (Phi) is 5.38. The molecule has 0 amide bonds. The maximum atomic E-state index is 7.48. The molecule has 0 spiro atoms. The molecule has 110 valence electrons. The molecule has 1 fully saturated rings. The second-order valence-corrected chi connectivity index (χ2v) is 5.01. The van der Waals surface area contributed by atoms with Crippen molar-refractivity contribution in [2.24, 2.45) is 11.7 Å². The van der Waals surface area contributed by atoms with Gasteiger partial charge in [-0.25, -0.2) is 0 Å². The Morgan fingerprint density at radius 3 is 2.80 bits per heavy atom. The van der Waals surface area contributed by atoms with Crippen molar-refractivity contribution in [2.45, 2.75) is 19.4 Å². The predicted molar refractivity (Wildman–Crippen MR) is 77.2 cm³/mol. The molecule has 0 aliphatic carbocycles. The van der Waals surface area contributed by atoms with Crippen LogP contribution in [0.15, 0.2) is 18.2 Å². The van der Waals surface area contributed by atoms with Crippen LogP contribution in [-0.4, -0.2) is 32.8 Å². The summed E-state index contributed by atoms with van der Waals surface area (Å²) in [5, 5.41) is 7.48. The van der Waals surface area contributed by atoms with Gasteiger partial charge in [-0.15, -0.1) is 0 Å². The van der Waals surface area contributed by atoms with E-state index in [1.807, 2.05) is 12.1 Å². The van der Waals surface area contributed by atoms with Crippen LogP contribution in [-0.2, 0) is 16.1 Å². The van der Waals surface area contributed by atoms with Crippen molar-refractivity contribution < 1.29 is 14.2 Å². The molecular weight excluding hydrogens is 256 g/mol. The highest BCUT2D eigenvalue weighted by atomic mass is 16.5. The highest BCUT2D eigenvalue weighted by Crippen LogP contribution is 2.22. The minimum Gasteiger partial charge on any atom is -0.496 e. The molecule has 2 rings (SSSR count). The predicted octanol–water partition coefficient (Wildman–Crippen LogP) is 1.92. The SMILES string of the molecule is COc1ccc(C(=N)N)cc1COCC1CCOCC1. The van der Waals surface area contributed by atoms with Crippen molar-refractivity contribution in [1.82, 2.24) is 0 Å². The second-order valence-electron chi connectivity index (χ2n) is 5.01. The molecule has 5 nitrogen and oxygen atoms in total. The molecular formula is C15H22N2O3. The van der Waals surface area contributed by atoms with Crippen LogP contribution >= 0.6 is 0 Å². The van der Waals surface area contributed by atoms with Gasteiger partial charge in [0.05, 0.1) is 20.3 Å². The van der Waals surface area contributed by atoms with E-state index in [1.165, 1.54) is 0 Å². The van der Waals surface area contributed by atoms with Crippen LogP contribution in [0.5, 0.6) is 5.75 Å². The van der Waals surface area contributed by atoms with Crippen molar-refractivity contribution in [1.29, 1.82) is 5.41 Å². The van der Waals surface area contributed by atoms with Crippen molar-refractivity contribution in [3.63, 3.8) is 0 Å². The lowest BCUT2D eigenvalue weighted by atomic mass is 10.0. The normalized spacial score (nSPS) is 16.1. The summed E-state index contributed by atoms with van der Waals surface area (Å²) in [5.74, 6) is 1.39. The van der Waals surface area contributed by atoms with Gasteiger partial charge in [-0.2, -0.15) is 0 Å². The first-order valence-corrected chi connectivity index (χ1v) is 6.87. The van der Waals surface area contributed by atoms with Crippen LogP contribution in [0, 0.1) is 11.3 Å². The van der Waals surface area contributed by atoms with Gasteiger partial charge in [-0.1, -0.05) is 0 Å². The van der Waals surface area contributed by atoms with E-state index < -0.39 is 0 Å². The summed E-state index contributed by atoms with van der Waals surface area (Å²) >= 11 is 0. The number of amidine groups is 1. The molecule has 20 heavy (non-hydrogen) atoms. The van der Waals surface area contributed by atoms with Gasteiger partial charge in [0.2, 0.25) is 0 Å². The molecule has 0 aromatic heterocycles. The molecule has 0 atom stereocenters. The Hall–Kier alpha value is -1.59. The van der Waals surface area contributed by atoms with E-state index in [4.69, 9.17) is 25.4 Å². The first kappa shape index (κ1) is 14.8. The van der Waals surface area contributed by atoms with Crippen molar-refractivity contribution in [3.05, 3.63) is 29.3 Å². The molecule has 1 aliphatic heterocycles. The third kappa shape index (κ3) is 3.95. The largest absolute Gasteiger partial charge is 0.496 e. The lowest BCUT2D eigenvalue weighted by Crippen LogP contribution is -2.20. The number of nitrogens with one attached hydrogen (secondary N) is 1. The van der Waals surface area contributed by atoms with Gasteiger partial charge in [0.15, 0.2) is 0 Å². The molecule has 0 saturated carbocycles. The Bertz CT molecular complexity index is 456. The number of rotatable bonds is 6. The van der Waals surface area contributed by atoms with Gasteiger partial charge in [0.1, 0.15) is 11.6 Å². The first-order valence-electron chi connectivity index (χ1n) is 6.87. The lowest BCUT2D eigenvalue weighted by molar-refractivity contribution is 0.0153. The Morgan fingerprint density at radius 1 is 1.40 bits per heavy atom. The minimum absolute atomic E-state index is 0.0540. The number of nitrogen functional groups attached to an aromatic ring is 1. The summed E-state index contributed by atoms with van der Waals surface area (Å²) in [4.78, 5) is 0. The van der Waals surface area contributed by atoms with E-state index in [-0.39, 0.29) is 5.84 Å². The zero-order valence-corrected chi connectivity index (χ0v) is 11.9. The smallest absolute Gasteiger partial charge is 0.124 e. The third-order valence-corrected chi connectivity index (χ3v) is 3.54. The van der Waals surface area contributed by atoms with E-state index in [9.17, 15) is 0 Å². The van der Waals surface area contributed by atoms with Crippen molar-refractivity contribution in [3.8, 4) is 5.75 Å². The van der Waals surface area contributed by atoms with Gasteiger partial charge in [0, 0.05) is 24.3 Å². The minimum atomic E-state index is 0.0540. The van der Waals surface area contributed by atoms with E-state index >= 15 is 0 Å². The van der Waals surface area contributed by atoms with Crippen LogP contribution in [0.3, 0.4) is 0 Å². The van der Waals surface area contributed by atoms with E-state index in [0.717, 1.165) is 44.0 Å². The van der Waals surface area contributed by atoms with Gasteiger partial charge in [-0.05, 0) is 37.0 Å². The van der Waals surface area contributed by atoms with Crippen LogP contribution in [0.4, 0.5) is 0 Å². The zero-order valence-electron chi connectivity index (χ0n) is 11.9. The molecule has 1 aromatic carbocycles. The lowest BCUT2D eigenvalue weighted by Gasteiger charge is -2.22. The van der Waals surface area contributed by atoms with Gasteiger partial charge in [0.25, 0.3) is 0 Å². The van der Waals surface area contributed by atoms with Crippen LogP contribution < -0.4 is 10.5 Å². The fourth-order valence-electron chi connectivity index (χ4n) is 2.31. The van der Waals surface area contributed by atoms with E-state index in [2.05, 4.69) is 0 Å². The Labute approximate surface area is 119 Å². The molecule has 5 heteroatoms. The Morgan fingerprint density at radius 2 is 2.15 bits per heavy atom.